The number of carbonyl (C=O) groups is 1. The highest BCUT2D eigenvalue weighted by molar-refractivity contribution is 6.19. The second-order valence-electron chi connectivity index (χ2n) is 3.93. The van der Waals surface area contributed by atoms with Gasteiger partial charge in [0, 0.05) is 35.4 Å². The zero-order valence-corrected chi connectivity index (χ0v) is 9.45. The highest BCUT2D eigenvalue weighted by Crippen LogP contribution is 2.10. The summed E-state index contributed by atoms with van der Waals surface area (Å²) in [4.78, 5) is 14.8. The van der Waals surface area contributed by atoms with Crippen LogP contribution < -0.4 is 4.99 Å². The maximum Gasteiger partial charge on any atom is 0.204 e. The van der Waals surface area contributed by atoms with Gasteiger partial charge in [-0.05, 0) is 13.8 Å². The zero-order chi connectivity index (χ0) is 11.5. The molecule has 1 aliphatic rings. The molecule has 16 heavy (non-hydrogen) atoms. The number of benzene rings is 1. The summed E-state index contributed by atoms with van der Waals surface area (Å²) in [5.41, 5.74) is 3.54. The predicted octanol–water partition coefficient (Wildman–Crippen LogP) is 1.31. The van der Waals surface area contributed by atoms with Gasteiger partial charge in [0.2, 0.25) is 11.4 Å². The van der Waals surface area contributed by atoms with Gasteiger partial charge in [0.1, 0.15) is 0 Å². The monoisotopic (exact) mass is 212 g/mol. The van der Waals surface area contributed by atoms with Crippen molar-refractivity contribution in [1.82, 2.24) is 0 Å². The molecule has 0 fully saturated rings. The quantitative estimate of drug-likeness (QED) is 0.699. The Balaban J connectivity index is 2.37. The number of hydrogen-bond acceptors (Lipinski definition) is 1. The van der Waals surface area contributed by atoms with E-state index < -0.39 is 0 Å². The molecule has 2 nitrogen and oxygen atoms in total. The van der Waals surface area contributed by atoms with Gasteiger partial charge in [-0.3, -0.25) is 4.79 Å². The minimum absolute atomic E-state index is 0.124. The smallest absolute Gasteiger partial charge is 0.204 e. The predicted molar refractivity (Wildman–Crippen MR) is 64.6 cm³/mol. The van der Waals surface area contributed by atoms with Crippen LogP contribution in [0.2, 0.25) is 0 Å². The van der Waals surface area contributed by atoms with E-state index in [1.165, 1.54) is 0 Å². The van der Waals surface area contributed by atoms with E-state index in [1.807, 2.05) is 56.3 Å². The van der Waals surface area contributed by atoms with Crippen LogP contribution in [-0.4, -0.2) is 11.5 Å². The lowest BCUT2D eigenvalue weighted by atomic mass is 9.98. The van der Waals surface area contributed by atoms with E-state index in [0.29, 0.717) is 0 Å². The molecule has 0 aliphatic heterocycles. The topological polar surface area (TPSA) is 31.0 Å². The average Bonchev–Trinajstić information content (AvgIpc) is 2.27. The lowest BCUT2D eigenvalue weighted by Crippen LogP contribution is -2.65. The number of nitrogens with one attached hydrogen (secondary N) is 1. The highest BCUT2D eigenvalue weighted by atomic mass is 16.1. The molecule has 1 aromatic carbocycles. The van der Waals surface area contributed by atoms with Crippen LogP contribution in [-0.2, 0) is 4.79 Å². The van der Waals surface area contributed by atoms with Gasteiger partial charge in [0.15, 0.2) is 5.78 Å². The summed E-state index contributed by atoms with van der Waals surface area (Å²) >= 11 is 0. The van der Waals surface area contributed by atoms with Crippen molar-refractivity contribution >= 4 is 17.2 Å². The summed E-state index contributed by atoms with van der Waals surface area (Å²) in [6, 6.07) is 9.92. The van der Waals surface area contributed by atoms with Gasteiger partial charge in [0.25, 0.3) is 0 Å². The van der Waals surface area contributed by atoms with E-state index in [2.05, 4.69) is 4.99 Å². The number of ketones is 1. The van der Waals surface area contributed by atoms with Crippen LogP contribution >= 0.6 is 0 Å². The van der Waals surface area contributed by atoms with Gasteiger partial charge < -0.3 is 0 Å². The van der Waals surface area contributed by atoms with Crippen LogP contribution in [0, 0.1) is 0 Å². The molecular formula is C14H14NO+. The van der Waals surface area contributed by atoms with Crippen LogP contribution in [0.25, 0.3) is 0 Å². The number of allylic oxidation sites excluding steroid dienone is 4. The van der Waals surface area contributed by atoms with Crippen LogP contribution in [0.1, 0.15) is 13.8 Å². The highest BCUT2D eigenvalue weighted by Gasteiger charge is 2.16. The van der Waals surface area contributed by atoms with Crippen molar-refractivity contribution in [2.45, 2.75) is 13.8 Å². The van der Waals surface area contributed by atoms with Gasteiger partial charge in [-0.25, -0.2) is 4.99 Å². The van der Waals surface area contributed by atoms with Crippen molar-refractivity contribution in [3.8, 4) is 0 Å². The molecule has 0 heterocycles. The Kier molecular flexibility index (Phi) is 2.82. The lowest BCUT2D eigenvalue weighted by Gasteiger charge is -2.04. The Morgan fingerprint density at radius 1 is 0.938 bits per heavy atom. The molecule has 0 unspecified atom stereocenters. The summed E-state index contributed by atoms with van der Waals surface area (Å²) in [5.74, 6) is 0.124. The number of carbonyl (C=O) groups excluding carboxylic acids is 1. The summed E-state index contributed by atoms with van der Waals surface area (Å²) in [7, 11) is 0. The maximum absolute atomic E-state index is 11.5. The molecule has 2 heteroatoms. The van der Waals surface area contributed by atoms with E-state index in [9.17, 15) is 4.79 Å². The number of para-hydroxylation sites is 1. The Hall–Kier alpha value is -1.96. The first-order valence-corrected chi connectivity index (χ1v) is 5.27. The van der Waals surface area contributed by atoms with Crippen molar-refractivity contribution in [2.24, 2.45) is 0 Å². The van der Waals surface area contributed by atoms with Crippen molar-refractivity contribution in [1.29, 1.82) is 0 Å². The van der Waals surface area contributed by atoms with E-state index >= 15 is 0 Å². The third kappa shape index (κ3) is 2.16. The summed E-state index contributed by atoms with van der Waals surface area (Å²) in [5, 5.41) is 0. The maximum atomic E-state index is 11.5. The van der Waals surface area contributed by atoms with Crippen molar-refractivity contribution in [3.05, 3.63) is 53.6 Å². The second kappa shape index (κ2) is 4.27. The summed E-state index contributed by atoms with van der Waals surface area (Å²) in [6.07, 6.45) is 3.75. The molecule has 1 aliphatic carbocycles. The van der Waals surface area contributed by atoms with Gasteiger partial charge in [-0.2, -0.15) is 0 Å². The summed E-state index contributed by atoms with van der Waals surface area (Å²) in [6.45, 7) is 3.68. The molecule has 0 atom stereocenters. The standard InChI is InChI=1S/C14H13NO/c1-10-8-13(9-11(2)14(10)16)15-12-6-4-3-5-7-12/h3-9H,1-2H3/p+1. The number of hydrogen-bond donors (Lipinski definition) is 1. The molecule has 0 radical (unpaired) electrons. The molecule has 1 N–H and O–H groups in total. The molecule has 0 saturated carbocycles. The Labute approximate surface area is 95.0 Å². The molecule has 1 aromatic rings. The first-order chi connectivity index (χ1) is 7.66. The molecule has 0 saturated heterocycles. The number of rotatable bonds is 1. The SMILES string of the molecule is CC1=CC(=[NH+]c2ccccc2)C=C(C)C1=O. The Bertz CT molecular complexity index is 483. The van der Waals surface area contributed by atoms with Crippen molar-refractivity contribution in [3.63, 3.8) is 0 Å². The zero-order valence-electron chi connectivity index (χ0n) is 9.45. The third-order valence-corrected chi connectivity index (χ3v) is 2.52. The third-order valence-electron chi connectivity index (χ3n) is 2.52. The molecule has 2 rings (SSSR count). The van der Waals surface area contributed by atoms with Gasteiger partial charge in [-0.15, -0.1) is 0 Å². The summed E-state index contributed by atoms with van der Waals surface area (Å²) < 4.78 is 0. The molecule has 0 aromatic heterocycles. The largest absolute Gasteiger partial charge is 0.289 e. The fourth-order valence-electron chi connectivity index (χ4n) is 1.71. The molecule has 0 spiro atoms. The van der Waals surface area contributed by atoms with E-state index in [4.69, 9.17) is 0 Å². The Morgan fingerprint density at radius 3 is 2.06 bits per heavy atom. The molecule has 0 bridgehead atoms. The first-order valence-electron chi connectivity index (χ1n) is 5.27. The van der Waals surface area contributed by atoms with Crippen LogP contribution in [0.5, 0.6) is 0 Å². The molecular weight excluding hydrogens is 198 g/mol. The molecule has 80 valence electrons. The fourth-order valence-corrected chi connectivity index (χ4v) is 1.71. The lowest BCUT2D eigenvalue weighted by molar-refractivity contribution is -0.351. The van der Waals surface area contributed by atoms with Crippen LogP contribution in [0.3, 0.4) is 0 Å². The molecule has 0 amide bonds. The van der Waals surface area contributed by atoms with E-state index in [-0.39, 0.29) is 5.78 Å². The van der Waals surface area contributed by atoms with Gasteiger partial charge >= 0.3 is 0 Å². The van der Waals surface area contributed by atoms with Crippen LogP contribution in [0.15, 0.2) is 53.6 Å². The average molecular weight is 212 g/mol. The fraction of sp³-hybridized carbons (Fsp3) is 0.143. The van der Waals surface area contributed by atoms with E-state index in [0.717, 1.165) is 22.5 Å². The van der Waals surface area contributed by atoms with Gasteiger partial charge in [-0.1, -0.05) is 18.2 Å². The van der Waals surface area contributed by atoms with Crippen molar-refractivity contribution in [2.75, 3.05) is 0 Å². The van der Waals surface area contributed by atoms with Crippen LogP contribution in [0.4, 0.5) is 5.69 Å². The second-order valence-corrected chi connectivity index (χ2v) is 3.93. The van der Waals surface area contributed by atoms with E-state index in [1.54, 1.807) is 0 Å². The van der Waals surface area contributed by atoms with Crippen molar-refractivity contribution < 1.29 is 9.79 Å². The Morgan fingerprint density at radius 2 is 1.50 bits per heavy atom. The first kappa shape index (κ1) is 10.6. The minimum atomic E-state index is 0.124. The normalized spacial score (nSPS) is 15.6. The minimum Gasteiger partial charge on any atom is -0.289 e. The van der Waals surface area contributed by atoms with Gasteiger partial charge in [0.05, 0.1) is 0 Å². The number of Topliss-reactive ketones (excluding diaryl/α,β-unsaturated/α-hetero) is 1.